The predicted molar refractivity (Wildman–Crippen MR) is 80.3 cm³/mol. The fraction of sp³-hybridized carbons (Fsp3) is 0.600. The first-order chi connectivity index (χ1) is 8.69. The van der Waals surface area contributed by atoms with E-state index in [1.807, 2.05) is 12.1 Å². The minimum absolute atomic E-state index is 0.350. The van der Waals surface area contributed by atoms with Gasteiger partial charge in [-0.2, -0.15) is 0 Å². The van der Waals surface area contributed by atoms with Gasteiger partial charge in [-0.1, -0.05) is 43.6 Å². The predicted octanol–water partition coefficient (Wildman–Crippen LogP) is 3.72. The summed E-state index contributed by atoms with van der Waals surface area (Å²) < 4.78 is 0. The van der Waals surface area contributed by atoms with E-state index < -0.39 is 0 Å². The molecule has 0 radical (unpaired) electrons. The zero-order valence-corrected chi connectivity index (χ0v) is 12.5. The normalized spacial score (nSPS) is 12.9. The number of benzene rings is 1. The van der Waals surface area contributed by atoms with Crippen LogP contribution >= 0.6 is 11.6 Å². The lowest BCUT2D eigenvalue weighted by Gasteiger charge is -2.23. The number of nitrogens with one attached hydrogen (secondary N) is 1. The van der Waals surface area contributed by atoms with Crippen molar-refractivity contribution in [2.75, 3.05) is 26.7 Å². The summed E-state index contributed by atoms with van der Waals surface area (Å²) in [6.07, 6.45) is 2.29. The van der Waals surface area contributed by atoms with Gasteiger partial charge >= 0.3 is 0 Å². The molecule has 1 aromatic carbocycles. The molecule has 0 aliphatic carbocycles. The number of hydrogen-bond donors (Lipinski definition) is 1. The number of nitrogens with zero attached hydrogens (tertiary/aromatic N) is 1. The summed E-state index contributed by atoms with van der Waals surface area (Å²) in [5.74, 6) is 0. The van der Waals surface area contributed by atoms with Gasteiger partial charge in [-0.25, -0.2) is 0 Å². The Labute approximate surface area is 116 Å². The molecule has 0 heterocycles. The lowest BCUT2D eigenvalue weighted by Crippen LogP contribution is -2.27. The van der Waals surface area contributed by atoms with Crippen molar-refractivity contribution in [2.45, 2.75) is 32.7 Å². The Hall–Kier alpha value is -0.570. The van der Waals surface area contributed by atoms with Crippen molar-refractivity contribution in [3.63, 3.8) is 0 Å². The van der Waals surface area contributed by atoms with E-state index in [1.54, 1.807) is 0 Å². The Kier molecular flexibility index (Phi) is 7.33. The van der Waals surface area contributed by atoms with Crippen LogP contribution in [0.5, 0.6) is 0 Å². The smallest absolute Gasteiger partial charge is 0.0453 e. The van der Waals surface area contributed by atoms with Crippen molar-refractivity contribution in [1.82, 2.24) is 10.2 Å². The van der Waals surface area contributed by atoms with E-state index >= 15 is 0 Å². The Balaban J connectivity index is 2.62. The maximum atomic E-state index is 6.28. The van der Waals surface area contributed by atoms with Gasteiger partial charge in [0.2, 0.25) is 0 Å². The first-order valence-electron chi connectivity index (χ1n) is 6.85. The molecule has 18 heavy (non-hydrogen) atoms. The van der Waals surface area contributed by atoms with Crippen molar-refractivity contribution < 1.29 is 0 Å². The lowest BCUT2D eigenvalue weighted by molar-refractivity contribution is 0.309. The summed E-state index contributed by atoms with van der Waals surface area (Å²) in [6, 6.07) is 8.48. The van der Waals surface area contributed by atoms with Crippen LogP contribution in [-0.4, -0.2) is 31.6 Å². The average Bonchev–Trinajstić information content (AvgIpc) is 2.36. The average molecular weight is 269 g/mol. The van der Waals surface area contributed by atoms with E-state index in [1.165, 1.54) is 12.0 Å². The first kappa shape index (κ1) is 15.5. The third kappa shape index (κ3) is 4.97. The molecule has 1 N–H and O–H groups in total. The van der Waals surface area contributed by atoms with Crippen LogP contribution < -0.4 is 5.32 Å². The number of rotatable bonds is 8. The van der Waals surface area contributed by atoms with E-state index in [0.29, 0.717) is 6.04 Å². The second-order valence-electron chi connectivity index (χ2n) is 4.72. The third-order valence-corrected chi connectivity index (χ3v) is 3.48. The van der Waals surface area contributed by atoms with Crippen LogP contribution in [0.2, 0.25) is 5.02 Å². The fourth-order valence-electron chi connectivity index (χ4n) is 2.21. The molecule has 0 aromatic heterocycles. The molecule has 0 amide bonds. The molecule has 0 fully saturated rings. The standard InChI is InChI=1S/C15H25ClN2/c1-4-11-18(3)12-10-15(17-5-2)13-8-6-7-9-14(13)16/h6-9,15,17H,4-5,10-12H2,1-3H3. The molecule has 1 rings (SSSR count). The minimum Gasteiger partial charge on any atom is -0.310 e. The largest absolute Gasteiger partial charge is 0.310 e. The Bertz CT molecular complexity index is 341. The molecule has 102 valence electrons. The molecule has 1 aromatic rings. The fourth-order valence-corrected chi connectivity index (χ4v) is 2.48. The van der Waals surface area contributed by atoms with Crippen LogP contribution in [0.3, 0.4) is 0 Å². The van der Waals surface area contributed by atoms with E-state index in [-0.39, 0.29) is 0 Å². The van der Waals surface area contributed by atoms with Crippen LogP contribution in [0.4, 0.5) is 0 Å². The molecule has 1 atom stereocenters. The van der Waals surface area contributed by atoms with Gasteiger partial charge in [0, 0.05) is 11.1 Å². The highest BCUT2D eigenvalue weighted by Gasteiger charge is 2.13. The van der Waals surface area contributed by atoms with E-state index in [0.717, 1.165) is 31.1 Å². The molecular weight excluding hydrogens is 244 g/mol. The van der Waals surface area contributed by atoms with Crippen LogP contribution in [0.15, 0.2) is 24.3 Å². The van der Waals surface area contributed by atoms with Gasteiger partial charge < -0.3 is 10.2 Å². The van der Waals surface area contributed by atoms with Crippen LogP contribution in [-0.2, 0) is 0 Å². The van der Waals surface area contributed by atoms with Gasteiger partial charge in [-0.3, -0.25) is 0 Å². The molecule has 0 spiro atoms. The second-order valence-corrected chi connectivity index (χ2v) is 5.13. The summed E-state index contributed by atoms with van der Waals surface area (Å²) in [7, 11) is 2.18. The van der Waals surface area contributed by atoms with Crippen molar-refractivity contribution >= 4 is 11.6 Å². The molecule has 0 aliphatic rings. The molecule has 0 aliphatic heterocycles. The summed E-state index contributed by atoms with van der Waals surface area (Å²) >= 11 is 6.28. The molecule has 1 unspecified atom stereocenters. The van der Waals surface area contributed by atoms with Gasteiger partial charge in [0.05, 0.1) is 0 Å². The van der Waals surface area contributed by atoms with Gasteiger partial charge in [0.15, 0.2) is 0 Å². The lowest BCUT2D eigenvalue weighted by atomic mass is 10.0. The van der Waals surface area contributed by atoms with Crippen LogP contribution in [0, 0.1) is 0 Å². The topological polar surface area (TPSA) is 15.3 Å². The first-order valence-corrected chi connectivity index (χ1v) is 7.23. The summed E-state index contributed by atoms with van der Waals surface area (Å²) in [5.41, 5.74) is 1.21. The molecule has 0 saturated heterocycles. The molecule has 0 bridgehead atoms. The maximum Gasteiger partial charge on any atom is 0.0453 e. The van der Waals surface area contributed by atoms with E-state index in [2.05, 4.69) is 43.2 Å². The van der Waals surface area contributed by atoms with Crippen molar-refractivity contribution in [2.24, 2.45) is 0 Å². The molecule has 0 saturated carbocycles. The number of halogens is 1. The minimum atomic E-state index is 0.350. The van der Waals surface area contributed by atoms with Crippen molar-refractivity contribution in [3.8, 4) is 0 Å². The summed E-state index contributed by atoms with van der Waals surface area (Å²) in [6.45, 7) is 7.57. The van der Waals surface area contributed by atoms with E-state index in [4.69, 9.17) is 11.6 Å². The third-order valence-electron chi connectivity index (χ3n) is 3.14. The van der Waals surface area contributed by atoms with Crippen molar-refractivity contribution in [3.05, 3.63) is 34.9 Å². The van der Waals surface area contributed by atoms with Crippen molar-refractivity contribution in [1.29, 1.82) is 0 Å². The van der Waals surface area contributed by atoms with Gasteiger partial charge in [-0.05, 0) is 51.2 Å². The maximum absolute atomic E-state index is 6.28. The highest BCUT2D eigenvalue weighted by Crippen LogP contribution is 2.25. The van der Waals surface area contributed by atoms with Crippen LogP contribution in [0.25, 0.3) is 0 Å². The SMILES string of the molecule is CCCN(C)CCC(NCC)c1ccccc1Cl. The van der Waals surface area contributed by atoms with Gasteiger partial charge in [-0.15, -0.1) is 0 Å². The molecule has 2 nitrogen and oxygen atoms in total. The summed E-state index contributed by atoms with van der Waals surface area (Å²) in [4.78, 5) is 2.38. The molecule has 3 heteroatoms. The van der Waals surface area contributed by atoms with Gasteiger partial charge in [0.25, 0.3) is 0 Å². The highest BCUT2D eigenvalue weighted by atomic mass is 35.5. The Morgan fingerprint density at radius 1 is 1.22 bits per heavy atom. The zero-order chi connectivity index (χ0) is 13.4. The quantitative estimate of drug-likeness (QED) is 0.773. The second kappa shape index (κ2) is 8.52. The summed E-state index contributed by atoms with van der Waals surface area (Å²) in [5, 5.41) is 4.39. The Morgan fingerprint density at radius 2 is 1.94 bits per heavy atom. The Morgan fingerprint density at radius 3 is 2.56 bits per heavy atom. The zero-order valence-electron chi connectivity index (χ0n) is 11.7. The van der Waals surface area contributed by atoms with E-state index in [9.17, 15) is 0 Å². The molecular formula is C15H25ClN2. The van der Waals surface area contributed by atoms with Crippen LogP contribution in [0.1, 0.15) is 38.3 Å². The van der Waals surface area contributed by atoms with Gasteiger partial charge in [0.1, 0.15) is 0 Å². The monoisotopic (exact) mass is 268 g/mol. The number of hydrogen-bond acceptors (Lipinski definition) is 2. The highest BCUT2D eigenvalue weighted by molar-refractivity contribution is 6.31.